The second-order valence-corrected chi connectivity index (χ2v) is 5.79. The number of hydrogen-bond acceptors (Lipinski definition) is 5. The number of anilines is 1. The van der Waals surface area contributed by atoms with Crippen molar-refractivity contribution in [3.8, 4) is 0 Å². The van der Waals surface area contributed by atoms with Gasteiger partial charge in [0.25, 0.3) is 0 Å². The van der Waals surface area contributed by atoms with E-state index in [1.807, 2.05) is 34.8 Å². The molecular formula is C11H17N3OS2. The van der Waals surface area contributed by atoms with E-state index in [9.17, 15) is 5.11 Å². The van der Waals surface area contributed by atoms with Gasteiger partial charge in [-0.1, -0.05) is 0 Å². The highest BCUT2D eigenvalue weighted by atomic mass is 32.2. The largest absolute Gasteiger partial charge is 0.390 e. The van der Waals surface area contributed by atoms with E-state index in [2.05, 4.69) is 23.1 Å². The van der Waals surface area contributed by atoms with Crippen LogP contribution in [-0.2, 0) is 6.61 Å². The van der Waals surface area contributed by atoms with Crippen LogP contribution in [0.4, 0.5) is 5.82 Å². The summed E-state index contributed by atoms with van der Waals surface area (Å²) in [6, 6.07) is 0.403. The van der Waals surface area contributed by atoms with Crippen LogP contribution < -0.4 is 4.90 Å². The van der Waals surface area contributed by atoms with Gasteiger partial charge in [-0.3, -0.25) is 4.40 Å². The first kappa shape index (κ1) is 12.7. The number of hydrogen-bond donors (Lipinski definition) is 1. The van der Waals surface area contributed by atoms with Gasteiger partial charge in [0, 0.05) is 30.4 Å². The molecule has 0 spiro atoms. The van der Waals surface area contributed by atoms with Crippen molar-refractivity contribution in [2.45, 2.75) is 19.6 Å². The van der Waals surface area contributed by atoms with Gasteiger partial charge >= 0.3 is 0 Å². The molecule has 2 aromatic heterocycles. The molecule has 2 aromatic rings. The highest BCUT2D eigenvalue weighted by molar-refractivity contribution is 7.98. The standard InChI is InChI=1S/C11H17N3OS2/c1-8(7-16-3)13(2)10-9(6-15)14-4-5-17-11(14)12-10/h4-5,8,15H,6-7H2,1-3H3. The van der Waals surface area contributed by atoms with Crippen molar-refractivity contribution in [1.29, 1.82) is 0 Å². The van der Waals surface area contributed by atoms with Crippen molar-refractivity contribution in [1.82, 2.24) is 9.38 Å². The van der Waals surface area contributed by atoms with E-state index in [1.54, 1.807) is 11.3 Å². The summed E-state index contributed by atoms with van der Waals surface area (Å²) in [5.41, 5.74) is 0.872. The molecule has 94 valence electrons. The minimum absolute atomic E-state index is 0.0174. The maximum atomic E-state index is 9.50. The molecule has 0 saturated carbocycles. The minimum atomic E-state index is 0.0174. The molecule has 1 unspecified atom stereocenters. The lowest BCUT2D eigenvalue weighted by molar-refractivity contribution is 0.276. The second kappa shape index (κ2) is 5.29. The molecule has 0 fully saturated rings. The third-order valence-corrected chi connectivity index (χ3v) is 4.47. The molecule has 2 heterocycles. The number of aliphatic hydroxyl groups is 1. The van der Waals surface area contributed by atoms with Crippen LogP contribution in [0.5, 0.6) is 0 Å². The fourth-order valence-corrected chi connectivity index (χ4v) is 3.25. The van der Waals surface area contributed by atoms with Crippen LogP contribution in [0.25, 0.3) is 4.96 Å². The van der Waals surface area contributed by atoms with Gasteiger partial charge in [-0.25, -0.2) is 4.98 Å². The normalized spacial score (nSPS) is 13.2. The van der Waals surface area contributed by atoms with Gasteiger partial charge < -0.3 is 10.0 Å². The van der Waals surface area contributed by atoms with Gasteiger partial charge in [-0.2, -0.15) is 11.8 Å². The summed E-state index contributed by atoms with van der Waals surface area (Å²) in [5.74, 6) is 1.94. The molecule has 1 N–H and O–H groups in total. The van der Waals surface area contributed by atoms with Gasteiger partial charge in [0.2, 0.25) is 0 Å². The fourth-order valence-electron chi connectivity index (χ4n) is 1.81. The zero-order valence-corrected chi connectivity index (χ0v) is 11.9. The molecule has 0 radical (unpaired) electrons. The summed E-state index contributed by atoms with van der Waals surface area (Å²) in [4.78, 5) is 7.66. The van der Waals surface area contributed by atoms with Crippen molar-refractivity contribution >= 4 is 33.9 Å². The molecule has 6 heteroatoms. The third-order valence-electron chi connectivity index (χ3n) is 2.89. The Hall–Kier alpha value is -0.720. The molecule has 0 bridgehead atoms. The number of fused-ring (bicyclic) bond motifs is 1. The molecule has 0 amide bonds. The van der Waals surface area contributed by atoms with Crippen LogP contribution in [0.15, 0.2) is 11.6 Å². The first-order valence-electron chi connectivity index (χ1n) is 5.46. The lowest BCUT2D eigenvalue weighted by atomic mass is 10.3. The first-order chi connectivity index (χ1) is 8.19. The molecular weight excluding hydrogens is 254 g/mol. The van der Waals surface area contributed by atoms with Crippen molar-refractivity contribution in [3.05, 3.63) is 17.3 Å². The molecule has 1 atom stereocenters. The molecule has 0 aromatic carbocycles. The van der Waals surface area contributed by atoms with Gasteiger partial charge in [0.05, 0.1) is 12.3 Å². The Labute approximate surface area is 109 Å². The molecule has 0 aliphatic heterocycles. The summed E-state index contributed by atoms with van der Waals surface area (Å²) >= 11 is 3.41. The molecule has 4 nitrogen and oxygen atoms in total. The topological polar surface area (TPSA) is 40.8 Å². The number of aromatic nitrogens is 2. The number of thioether (sulfide) groups is 1. The van der Waals surface area contributed by atoms with E-state index >= 15 is 0 Å². The Morgan fingerprint density at radius 2 is 2.41 bits per heavy atom. The predicted molar refractivity (Wildman–Crippen MR) is 75.2 cm³/mol. The SMILES string of the molecule is CSCC(C)N(C)c1nc2sccn2c1CO. The van der Waals surface area contributed by atoms with Gasteiger partial charge in [0.1, 0.15) is 0 Å². The quantitative estimate of drug-likeness (QED) is 0.904. The maximum absolute atomic E-state index is 9.50. The van der Waals surface area contributed by atoms with Crippen molar-refractivity contribution in [3.63, 3.8) is 0 Å². The van der Waals surface area contributed by atoms with Gasteiger partial charge in [0.15, 0.2) is 10.8 Å². The van der Waals surface area contributed by atoms with Crippen LogP contribution in [0.2, 0.25) is 0 Å². The molecule has 0 aliphatic carbocycles. The summed E-state index contributed by atoms with van der Waals surface area (Å²) in [6.45, 7) is 2.19. The Morgan fingerprint density at radius 1 is 1.65 bits per heavy atom. The smallest absolute Gasteiger partial charge is 0.195 e. The zero-order chi connectivity index (χ0) is 12.4. The predicted octanol–water partition coefficient (Wildman–Crippen LogP) is 2.08. The summed E-state index contributed by atoms with van der Waals surface area (Å²) in [7, 11) is 2.03. The van der Waals surface area contributed by atoms with E-state index < -0.39 is 0 Å². The van der Waals surface area contributed by atoms with Crippen molar-refractivity contribution < 1.29 is 5.11 Å². The summed E-state index contributed by atoms with van der Waals surface area (Å²) in [6.07, 6.45) is 4.05. The Bertz CT molecular complexity index is 494. The van der Waals surface area contributed by atoms with Crippen LogP contribution in [0.1, 0.15) is 12.6 Å². The average Bonchev–Trinajstić information content (AvgIpc) is 2.87. The third kappa shape index (κ3) is 2.29. The monoisotopic (exact) mass is 271 g/mol. The number of rotatable bonds is 5. The van der Waals surface area contributed by atoms with E-state index in [0.717, 1.165) is 22.2 Å². The van der Waals surface area contributed by atoms with E-state index in [4.69, 9.17) is 0 Å². The summed E-state index contributed by atoms with van der Waals surface area (Å²) in [5, 5.41) is 11.5. The van der Waals surface area contributed by atoms with Crippen molar-refractivity contribution in [2.75, 3.05) is 24.0 Å². The number of aliphatic hydroxyl groups excluding tert-OH is 1. The molecule has 0 aliphatic rings. The van der Waals surface area contributed by atoms with Crippen LogP contribution in [0.3, 0.4) is 0 Å². The molecule has 17 heavy (non-hydrogen) atoms. The number of imidazole rings is 1. The van der Waals surface area contributed by atoms with E-state index in [0.29, 0.717) is 6.04 Å². The lowest BCUT2D eigenvalue weighted by Crippen LogP contribution is -2.31. The first-order valence-corrected chi connectivity index (χ1v) is 7.73. The van der Waals surface area contributed by atoms with Crippen LogP contribution in [-0.4, -0.2) is 39.6 Å². The fraction of sp³-hybridized carbons (Fsp3) is 0.545. The van der Waals surface area contributed by atoms with E-state index in [1.165, 1.54) is 0 Å². The Balaban J connectivity index is 2.36. The minimum Gasteiger partial charge on any atom is -0.390 e. The van der Waals surface area contributed by atoms with Crippen LogP contribution in [0, 0.1) is 0 Å². The molecule has 2 rings (SSSR count). The van der Waals surface area contributed by atoms with Crippen molar-refractivity contribution in [2.24, 2.45) is 0 Å². The second-order valence-electron chi connectivity index (χ2n) is 4.01. The van der Waals surface area contributed by atoms with Crippen LogP contribution >= 0.6 is 23.1 Å². The molecule has 0 saturated heterocycles. The Morgan fingerprint density at radius 3 is 3.06 bits per heavy atom. The highest BCUT2D eigenvalue weighted by Crippen LogP contribution is 2.25. The highest BCUT2D eigenvalue weighted by Gasteiger charge is 2.19. The number of nitrogens with zero attached hydrogens (tertiary/aromatic N) is 3. The lowest BCUT2D eigenvalue weighted by Gasteiger charge is -2.25. The van der Waals surface area contributed by atoms with E-state index in [-0.39, 0.29) is 6.61 Å². The van der Waals surface area contributed by atoms with Gasteiger partial charge in [-0.15, -0.1) is 11.3 Å². The average molecular weight is 271 g/mol. The zero-order valence-electron chi connectivity index (χ0n) is 10.3. The summed E-state index contributed by atoms with van der Waals surface area (Å²) < 4.78 is 1.96. The maximum Gasteiger partial charge on any atom is 0.195 e. The Kier molecular flexibility index (Phi) is 3.96. The van der Waals surface area contributed by atoms with Gasteiger partial charge in [-0.05, 0) is 13.2 Å². The number of thiazole rings is 1.